The number of hydrogen-bond acceptors (Lipinski definition) is 2. The van der Waals surface area contributed by atoms with E-state index in [1.54, 1.807) is 0 Å². The van der Waals surface area contributed by atoms with Gasteiger partial charge in [0.2, 0.25) is 0 Å². The van der Waals surface area contributed by atoms with Gasteiger partial charge in [0.1, 0.15) is 0 Å². The van der Waals surface area contributed by atoms with Crippen LogP contribution in [0.4, 0.5) is 34.1 Å². The lowest BCUT2D eigenvalue weighted by molar-refractivity contribution is 1.28. The van der Waals surface area contributed by atoms with Crippen LogP contribution < -0.4 is 15.0 Å². The highest BCUT2D eigenvalue weighted by Crippen LogP contribution is 2.52. The van der Waals surface area contributed by atoms with E-state index in [0.29, 0.717) is 0 Å². The van der Waals surface area contributed by atoms with Crippen molar-refractivity contribution in [3.63, 3.8) is 0 Å². The Kier molecular flexibility index (Phi) is 10.0. The zero-order valence-corrected chi connectivity index (χ0v) is 38.7. The fraction of sp³-hybridized carbons (Fsp3) is 0.133. The monoisotopic (exact) mass is 830 g/mol. The zero-order valence-electron chi connectivity index (χ0n) is 37.7. The molecule has 0 saturated heterocycles. The van der Waals surface area contributed by atoms with E-state index in [1.165, 1.54) is 87.6 Å². The summed E-state index contributed by atoms with van der Waals surface area (Å²) in [6.07, 6.45) is 0. The van der Waals surface area contributed by atoms with Crippen molar-refractivity contribution in [2.24, 2.45) is 0 Å². The van der Waals surface area contributed by atoms with Crippen LogP contribution in [0.2, 0.25) is 19.6 Å². The lowest BCUT2D eigenvalue weighted by atomic mass is 9.85. The molecule has 0 amide bonds. The maximum absolute atomic E-state index is 2.50. The van der Waals surface area contributed by atoms with Crippen LogP contribution in [0.25, 0.3) is 54.6 Å². The second-order valence-electron chi connectivity index (χ2n) is 18.7. The Morgan fingerprint density at radius 3 is 1.06 bits per heavy atom. The molecule has 0 atom stereocenters. The minimum Gasteiger partial charge on any atom is -0.310 e. The van der Waals surface area contributed by atoms with Crippen molar-refractivity contribution in [2.45, 2.75) is 54.3 Å². The normalized spacial score (nSPS) is 11.8. The first kappa shape index (κ1) is 40.1. The third-order valence-electron chi connectivity index (χ3n) is 12.9. The first-order valence-electron chi connectivity index (χ1n) is 22.2. The molecule has 0 aliphatic rings. The predicted molar refractivity (Wildman–Crippen MR) is 277 cm³/mol. The van der Waals surface area contributed by atoms with Gasteiger partial charge in [-0.15, -0.1) is 0 Å². The van der Waals surface area contributed by atoms with E-state index in [9.17, 15) is 0 Å². The molecule has 0 aliphatic heterocycles. The summed E-state index contributed by atoms with van der Waals surface area (Å²) in [5.41, 5.74) is 17.9. The Balaban J connectivity index is 1.37. The van der Waals surface area contributed by atoms with Crippen LogP contribution in [0.3, 0.4) is 0 Å². The fourth-order valence-electron chi connectivity index (χ4n) is 9.46. The molecule has 2 nitrogen and oxygen atoms in total. The smallest absolute Gasteiger partial charge is 0.0775 e. The standard InChI is InChI=1S/C60H54N2Si/c1-39-15-21-44(22-16-39)55-37-57(61(46-25-19-41(3)20-26-46)48-13-9-11-42(4)35-48)53-33-31-52-56(45-23-17-40(2)18-24-45)38-58(54-34-32-51(55)59(53)60(52)54)62(49-14-10-12-43(5)36-49)47-27-29-50(30-28-47)63(6,7)8/h9-38H,1-8H3. The van der Waals surface area contributed by atoms with Gasteiger partial charge in [-0.05, 0) is 139 Å². The van der Waals surface area contributed by atoms with Crippen LogP contribution in [-0.2, 0) is 0 Å². The molecule has 10 rings (SSSR count). The van der Waals surface area contributed by atoms with Gasteiger partial charge in [-0.25, -0.2) is 0 Å². The zero-order chi connectivity index (χ0) is 43.6. The third kappa shape index (κ3) is 7.37. The van der Waals surface area contributed by atoms with E-state index in [1.807, 2.05) is 0 Å². The molecule has 0 heterocycles. The molecule has 0 saturated carbocycles. The number of anilines is 6. The Morgan fingerprint density at radius 2 is 0.683 bits per heavy atom. The maximum Gasteiger partial charge on any atom is 0.0775 e. The first-order valence-corrected chi connectivity index (χ1v) is 25.7. The van der Waals surface area contributed by atoms with Crippen LogP contribution in [0.15, 0.2) is 182 Å². The molecule has 10 aromatic carbocycles. The molecular weight excluding hydrogens is 777 g/mol. The Bertz CT molecular complexity index is 3280. The summed E-state index contributed by atoms with van der Waals surface area (Å²) >= 11 is 0. The van der Waals surface area contributed by atoms with Crippen molar-refractivity contribution in [1.29, 1.82) is 0 Å². The Morgan fingerprint density at radius 1 is 0.317 bits per heavy atom. The predicted octanol–water partition coefficient (Wildman–Crippen LogP) is 16.9. The molecule has 0 radical (unpaired) electrons. The summed E-state index contributed by atoms with van der Waals surface area (Å²) in [5.74, 6) is 0. The van der Waals surface area contributed by atoms with Crippen molar-refractivity contribution < 1.29 is 0 Å². The largest absolute Gasteiger partial charge is 0.310 e. The molecule has 0 N–H and O–H groups in total. The summed E-state index contributed by atoms with van der Waals surface area (Å²) in [6, 6.07) is 68.9. The summed E-state index contributed by atoms with van der Waals surface area (Å²) in [7, 11) is -1.53. The molecule has 0 bridgehead atoms. The van der Waals surface area contributed by atoms with Crippen molar-refractivity contribution in [2.75, 3.05) is 9.80 Å². The molecule has 0 aromatic heterocycles. The molecule has 0 aliphatic carbocycles. The van der Waals surface area contributed by atoms with Gasteiger partial charge >= 0.3 is 0 Å². The number of benzene rings is 10. The molecule has 308 valence electrons. The SMILES string of the molecule is Cc1ccc(-c2cc(N(c3ccc(C)cc3)c3cccc(C)c3)c3ccc4c(-c5ccc(C)cc5)cc(N(c5ccc([Si](C)(C)C)cc5)c5cccc(C)c5)c5ccc2c3c45)cc1. The van der Waals surface area contributed by atoms with Gasteiger partial charge in [0, 0.05) is 44.3 Å². The molecule has 0 unspecified atom stereocenters. The van der Waals surface area contributed by atoms with Gasteiger partial charge in [0.05, 0.1) is 19.4 Å². The van der Waals surface area contributed by atoms with Gasteiger partial charge in [-0.1, -0.05) is 163 Å². The Hall–Kier alpha value is -6.94. The van der Waals surface area contributed by atoms with Crippen LogP contribution in [0.1, 0.15) is 27.8 Å². The molecule has 10 aromatic rings. The van der Waals surface area contributed by atoms with E-state index in [2.05, 4.69) is 246 Å². The number of hydrogen-bond donors (Lipinski definition) is 0. The Labute approximate surface area is 374 Å². The van der Waals surface area contributed by atoms with Crippen molar-refractivity contribution >= 4 is 79.7 Å². The molecule has 3 heteroatoms. The van der Waals surface area contributed by atoms with Crippen LogP contribution in [0.5, 0.6) is 0 Å². The van der Waals surface area contributed by atoms with Crippen molar-refractivity contribution in [3.8, 4) is 22.3 Å². The topological polar surface area (TPSA) is 6.48 Å². The summed E-state index contributed by atoms with van der Waals surface area (Å²) < 4.78 is 0. The maximum atomic E-state index is 2.50. The van der Waals surface area contributed by atoms with E-state index >= 15 is 0 Å². The van der Waals surface area contributed by atoms with E-state index in [4.69, 9.17) is 0 Å². The van der Waals surface area contributed by atoms with Gasteiger partial charge < -0.3 is 9.80 Å². The van der Waals surface area contributed by atoms with E-state index in [-0.39, 0.29) is 0 Å². The molecular formula is C60H54N2Si. The van der Waals surface area contributed by atoms with Gasteiger partial charge in [-0.3, -0.25) is 0 Å². The van der Waals surface area contributed by atoms with Gasteiger partial charge in [0.15, 0.2) is 0 Å². The summed E-state index contributed by atoms with van der Waals surface area (Å²) in [4.78, 5) is 4.97. The van der Waals surface area contributed by atoms with Crippen molar-refractivity contribution in [1.82, 2.24) is 0 Å². The summed E-state index contributed by atoms with van der Waals surface area (Å²) in [5, 5.41) is 8.94. The summed E-state index contributed by atoms with van der Waals surface area (Å²) in [6.45, 7) is 18.2. The van der Waals surface area contributed by atoms with E-state index in [0.717, 1.165) is 34.1 Å². The fourth-order valence-corrected chi connectivity index (χ4v) is 10.6. The highest BCUT2D eigenvalue weighted by Gasteiger charge is 2.26. The number of rotatable bonds is 9. The lowest BCUT2D eigenvalue weighted by Gasteiger charge is -2.31. The first-order chi connectivity index (χ1) is 30.4. The lowest BCUT2D eigenvalue weighted by Crippen LogP contribution is -2.37. The second kappa shape index (κ2) is 15.8. The molecule has 63 heavy (non-hydrogen) atoms. The van der Waals surface area contributed by atoms with Crippen LogP contribution in [0, 0.1) is 34.6 Å². The van der Waals surface area contributed by atoms with Crippen LogP contribution >= 0.6 is 0 Å². The van der Waals surface area contributed by atoms with Crippen molar-refractivity contribution in [3.05, 3.63) is 210 Å². The average molecular weight is 831 g/mol. The highest BCUT2D eigenvalue weighted by molar-refractivity contribution is 6.88. The molecule has 0 spiro atoms. The van der Waals surface area contributed by atoms with E-state index < -0.39 is 8.07 Å². The van der Waals surface area contributed by atoms with Gasteiger partial charge in [-0.2, -0.15) is 0 Å². The number of nitrogens with zero attached hydrogens (tertiary/aromatic N) is 2. The van der Waals surface area contributed by atoms with Gasteiger partial charge in [0.25, 0.3) is 0 Å². The quantitative estimate of drug-likeness (QED) is 0.106. The second-order valence-corrected chi connectivity index (χ2v) is 23.7. The number of aryl methyl sites for hydroxylation is 5. The molecule has 0 fully saturated rings. The third-order valence-corrected chi connectivity index (χ3v) is 14.9. The highest BCUT2D eigenvalue weighted by atomic mass is 28.3. The minimum atomic E-state index is -1.53. The minimum absolute atomic E-state index is 1.13. The van der Waals surface area contributed by atoms with Crippen LogP contribution in [-0.4, -0.2) is 8.07 Å². The average Bonchev–Trinajstić information content (AvgIpc) is 3.27.